The van der Waals surface area contributed by atoms with Gasteiger partial charge in [0.15, 0.2) is 0 Å². The van der Waals surface area contributed by atoms with Crippen LogP contribution in [0.2, 0.25) is 0 Å². The van der Waals surface area contributed by atoms with Crippen molar-refractivity contribution in [2.24, 2.45) is 0 Å². The lowest BCUT2D eigenvalue weighted by molar-refractivity contribution is 0.314. The van der Waals surface area contributed by atoms with Crippen molar-refractivity contribution in [1.82, 2.24) is 9.88 Å². The van der Waals surface area contributed by atoms with Gasteiger partial charge in [0.25, 0.3) is 0 Å². The molecule has 1 N–H and O–H groups in total. The summed E-state index contributed by atoms with van der Waals surface area (Å²) in [4.78, 5) is 7.83. The summed E-state index contributed by atoms with van der Waals surface area (Å²) in [5, 5.41) is 17.2. The van der Waals surface area contributed by atoms with Crippen LogP contribution >= 0.6 is 11.3 Å². The molecule has 1 atom stereocenters. The van der Waals surface area contributed by atoms with E-state index in [9.17, 15) is 5.26 Å². The number of nitrogens with one attached hydrogen (secondary N) is 1. The minimum Gasteiger partial charge on any atom is -0.423 e. The van der Waals surface area contributed by atoms with E-state index in [1.807, 2.05) is 38.4 Å². The quantitative estimate of drug-likeness (QED) is 0.468. The maximum Gasteiger partial charge on any atom is 0.232 e. The van der Waals surface area contributed by atoms with E-state index < -0.39 is 0 Å². The number of aromatic nitrogens is 1. The Kier molecular flexibility index (Phi) is 5.61. The average molecular weight is 403 g/mol. The number of likely N-dealkylation sites (N-methyl/N-ethyl adjacent to an activating group) is 1. The van der Waals surface area contributed by atoms with Crippen LogP contribution in [0.5, 0.6) is 0 Å². The third kappa shape index (κ3) is 4.16. The maximum atomic E-state index is 9.51. The second-order valence-corrected chi connectivity index (χ2v) is 8.07. The van der Waals surface area contributed by atoms with E-state index in [0.717, 1.165) is 5.56 Å². The Morgan fingerprint density at radius 2 is 1.97 bits per heavy atom. The number of nitriles is 1. The van der Waals surface area contributed by atoms with Crippen LogP contribution in [0.25, 0.3) is 10.8 Å². The van der Waals surface area contributed by atoms with Crippen LogP contribution in [0.15, 0.2) is 64.4 Å². The molecule has 4 aromatic rings. The molecule has 0 aliphatic carbocycles. The zero-order valence-corrected chi connectivity index (χ0v) is 17.2. The van der Waals surface area contributed by atoms with Crippen molar-refractivity contribution in [1.29, 1.82) is 5.26 Å². The number of fused-ring (bicyclic) bond motifs is 1. The third-order valence-corrected chi connectivity index (χ3v) is 5.92. The van der Waals surface area contributed by atoms with E-state index in [-0.39, 0.29) is 6.04 Å². The zero-order chi connectivity index (χ0) is 20.2. The molecular weight excluding hydrogens is 380 g/mol. The SMILES string of the molecule is CN(C)[C@H](CNc1oc(Cc2cccc3ccccc23)nc1C#N)c1cccs1. The highest BCUT2D eigenvalue weighted by atomic mass is 32.1. The molecule has 29 heavy (non-hydrogen) atoms. The lowest BCUT2D eigenvalue weighted by atomic mass is 10.0. The molecular formula is C23H22N4OS. The van der Waals surface area contributed by atoms with E-state index in [2.05, 4.69) is 57.0 Å². The monoisotopic (exact) mass is 402 g/mol. The smallest absolute Gasteiger partial charge is 0.232 e. The van der Waals surface area contributed by atoms with Crippen molar-refractivity contribution in [3.63, 3.8) is 0 Å². The highest BCUT2D eigenvalue weighted by molar-refractivity contribution is 7.10. The Balaban J connectivity index is 1.55. The molecule has 0 saturated carbocycles. The molecule has 2 aromatic carbocycles. The molecule has 0 fully saturated rings. The van der Waals surface area contributed by atoms with Gasteiger partial charge in [0, 0.05) is 11.4 Å². The first-order chi connectivity index (χ1) is 14.2. The van der Waals surface area contributed by atoms with Crippen molar-refractivity contribution >= 4 is 28.0 Å². The first-order valence-corrected chi connectivity index (χ1v) is 10.3. The fraction of sp³-hybridized carbons (Fsp3) is 0.217. The lowest BCUT2D eigenvalue weighted by Gasteiger charge is -2.23. The lowest BCUT2D eigenvalue weighted by Crippen LogP contribution is -2.26. The van der Waals surface area contributed by atoms with Crippen LogP contribution in [0.1, 0.15) is 28.1 Å². The standard InChI is InChI=1S/C23H22N4OS/c1-27(2)20(21-11-6-12-29-21)15-25-23-19(14-24)26-22(28-23)13-17-9-5-8-16-7-3-4-10-18(16)17/h3-12,20,25H,13,15H2,1-2H3/t20-/m1/s1. The van der Waals surface area contributed by atoms with Crippen molar-refractivity contribution in [3.8, 4) is 6.07 Å². The van der Waals surface area contributed by atoms with E-state index in [0.29, 0.717) is 30.4 Å². The molecule has 5 nitrogen and oxygen atoms in total. The highest BCUT2D eigenvalue weighted by Crippen LogP contribution is 2.26. The molecule has 0 radical (unpaired) electrons. The predicted octanol–water partition coefficient (Wildman–Crippen LogP) is 5.07. The number of hydrogen-bond acceptors (Lipinski definition) is 6. The number of benzene rings is 2. The molecule has 0 bridgehead atoms. The van der Waals surface area contributed by atoms with Crippen molar-refractivity contribution in [2.45, 2.75) is 12.5 Å². The van der Waals surface area contributed by atoms with E-state index in [1.54, 1.807) is 11.3 Å². The first-order valence-electron chi connectivity index (χ1n) is 9.46. The van der Waals surface area contributed by atoms with Gasteiger partial charge in [0.2, 0.25) is 17.5 Å². The van der Waals surface area contributed by atoms with Crippen molar-refractivity contribution < 1.29 is 4.42 Å². The molecule has 6 heteroatoms. The molecule has 0 aliphatic rings. The van der Waals surface area contributed by atoms with Gasteiger partial charge in [-0.05, 0) is 41.9 Å². The summed E-state index contributed by atoms with van der Waals surface area (Å²) in [5.41, 5.74) is 1.43. The van der Waals surface area contributed by atoms with Gasteiger partial charge >= 0.3 is 0 Å². The fourth-order valence-electron chi connectivity index (χ4n) is 3.45. The first kappa shape index (κ1) is 19.2. The van der Waals surface area contributed by atoms with Crippen LogP contribution in [0.3, 0.4) is 0 Å². The summed E-state index contributed by atoms with van der Waals surface area (Å²) in [6, 6.07) is 21.0. The number of oxazole rings is 1. The van der Waals surface area contributed by atoms with Crippen LogP contribution in [0, 0.1) is 11.3 Å². The Labute approximate surface area is 174 Å². The van der Waals surface area contributed by atoms with Gasteiger partial charge in [-0.3, -0.25) is 0 Å². The summed E-state index contributed by atoms with van der Waals surface area (Å²) in [5.74, 6) is 0.976. The molecule has 2 aromatic heterocycles. The highest BCUT2D eigenvalue weighted by Gasteiger charge is 2.19. The van der Waals surface area contributed by atoms with Crippen LogP contribution in [-0.4, -0.2) is 30.5 Å². The second kappa shape index (κ2) is 8.48. The largest absolute Gasteiger partial charge is 0.423 e. The maximum absolute atomic E-state index is 9.51. The van der Waals surface area contributed by atoms with Gasteiger partial charge in [-0.15, -0.1) is 11.3 Å². The van der Waals surface area contributed by atoms with Gasteiger partial charge in [-0.25, -0.2) is 4.98 Å². The zero-order valence-electron chi connectivity index (χ0n) is 16.4. The number of hydrogen-bond donors (Lipinski definition) is 1. The van der Waals surface area contributed by atoms with Gasteiger partial charge in [0.05, 0.1) is 12.5 Å². The minimum atomic E-state index is 0.188. The molecule has 0 spiro atoms. The number of nitrogens with zero attached hydrogens (tertiary/aromatic N) is 3. The van der Waals surface area contributed by atoms with E-state index >= 15 is 0 Å². The summed E-state index contributed by atoms with van der Waals surface area (Å²) in [7, 11) is 4.09. The van der Waals surface area contributed by atoms with Crippen molar-refractivity contribution in [2.75, 3.05) is 26.0 Å². The molecule has 0 amide bonds. The molecule has 4 rings (SSSR count). The third-order valence-electron chi connectivity index (χ3n) is 4.95. The topological polar surface area (TPSA) is 65.1 Å². The summed E-state index contributed by atoms with van der Waals surface area (Å²) in [6.45, 7) is 0.630. The van der Waals surface area contributed by atoms with Crippen LogP contribution < -0.4 is 5.32 Å². The molecule has 0 aliphatic heterocycles. The summed E-state index contributed by atoms with van der Waals surface area (Å²) < 4.78 is 5.95. The predicted molar refractivity (Wildman–Crippen MR) is 117 cm³/mol. The van der Waals surface area contributed by atoms with Crippen LogP contribution in [0.4, 0.5) is 5.88 Å². The van der Waals surface area contributed by atoms with E-state index in [4.69, 9.17) is 4.42 Å². The molecule has 0 saturated heterocycles. The van der Waals surface area contributed by atoms with Gasteiger partial charge in [0.1, 0.15) is 6.07 Å². The van der Waals surface area contributed by atoms with E-state index in [1.165, 1.54) is 15.6 Å². The molecule has 2 heterocycles. The Hall–Kier alpha value is -3.14. The normalized spacial score (nSPS) is 12.2. The van der Waals surface area contributed by atoms with Gasteiger partial charge in [-0.2, -0.15) is 5.26 Å². The Morgan fingerprint density at radius 3 is 2.72 bits per heavy atom. The van der Waals surface area contributed by atoms with Crippen LogP contribution in [-0.2, 0) is 6.42 Å². The fourth-order valence-corrected chi connectivity index (χ4v) is 4.38. The minimum absolute atomic E-state index is 0.188. The van der Waals surface area contributed by atoms with Gasteiger partial charge in [-0.1, -0.05) is 48.5 Å². The number of rotatable bonds is 7. The second-order valence-electron chi connectivity index (χ2n) is 7.09. The summed E-state index contributed by atoms with van der Waals surface area (Å²) >= 11 is 1.72. The Bertz CT molecular complexity index is 1140. The number of anilines is 1. The van der Waals surface area contributed by atoms with Gasteiger partial charge < -0.3 is 14.6 Å². The average Bonchev–Trinajstić information content (AvgIpc) is 3.38. The summed E-state index contributed by atoms with van der Waals surface area (Å²) in [6.07, 6.45) is 0.541. The molecule has 146 valence electrons. The molecule has 0 unspecified atom stereocenters. The number of thiophene rings is 1. The van der Waals surface area contributed by atoms with Crippen molar-refractivity contribution in [3.05, 3.63) is 82.0 Å². The Morgan fingerprint density at radius 1 is 1.14 bits per heavy atom.